The van der Waals surface area contributed by atoms with E-state index >= 15 is 0 Å². The van der Waals surface area contributed by atoms with Gasteiger partial charge in [0, 0.05) is 24.6 Å². The van der Waals surface area contributed by atoms with Gasteiger partial charge >= 0.3 is 5.97 Å². The Labute approximate surface area is 265 Å². The van der Waals surface area contributed by atoms with Gasteiger partial charge < -0.3 is 84.6 Å². The van der Waals surface area contributed by atoms with Crippen molar-refractivity contribution in [1.29, 1.82) is 0 Å². The molecule has 0 saturated carbocycles. The lowest BCUT2D eigenvalue weighted by Gasteiger charge is -2.41. The number of phenols is 4. The second-order valence-corrected chi connectivity index (χ2v) is 11.1. The van der Waals surface area contributed by atoms with Crippen LogP contribution in [0.2, 0.25) is 0 Å². The zero-order valence-electron chi connectivity index (χ0n) is 24.4. The number of aliphatic hydroxyl groups excluding tert-OH is 7. The molecular formula is C29H34O18. The monoisotopic (exact) mass is 670 g/mol. The van der Waals surface area contributed by atoms with Crippen LogP contribution in [-0.2, 0) is 23.7 Å². The highest BCUT2D eigenvalue weighted by molar-refractivity contribution is 5.70. The maximum atomic E-state index is 11.3. The van der Waals surface area contributed by atoms with Crippen molar-refractivity contribution in [2.75, 3.05) is 13.2 Å². The molecule has 0 aliphatic carbocycles. The van der Waals surface area contributed by atoms with Crippen LogP contribution in [0.15, 0.2) is 30.0 Å². The van der Waals surface area contributed by atoms with Gasteiger partial charge in [0.25, 0.3) is 0 Å². The largest absolute Gasteiger partial charge is 0.508 e. The van der Waals surface area contributed by atoms with Crippen molar-refractivity contribution in [3.63, 3.8) is 0 Å². The third-order valence-electron chi connectivity index (χ3n) is 7.74. The van der Waals surface area contributed by atoms with Gasteiger partial charge in [0.1, 0.15) is 78.4 Å². The minimum absolute atomic E-state index is 0.0150. The summed E-state index contributed by atoms with van der Waals surface area (Å²) in [5.74, 6) is -4.16. The van der Waals surface area contributed by atoms with Crippen molar-refractivity contribution >= 4 is 12.0 Å². The summed E-state index contributed by atoms with van der Waals surface area (Å²) in [6.07, 6.45) is -17.1. The molecule has 3 aliphatic heterocycles. The van der Waals surface area contributed by atoms with Gasteiger partial charge in [-0.1, -0.05) is 0 Å². The molecule has 2 saturated heterocycles. The van der Waals surface area contributed by atoms with E-state index in [2.05, 4.69) is 0 Å². The molecule has 0 bridgehead atoms. The van der Waals surface area contributed by atoms with E-state index in [1.807, 2.05) is 0 Å². The minimum atomic E-state index is -1.87. The number of hydrogen-bond acceptors (Lipinski definition) is 18. The first-order valence-corrected chi connectivity index (χ1v) is 14.2. The quantitative estimate of drug-likeness (QED) is 0.103. The fourth-order valence-electron chi connectivity index (χ4n) is 5.21. The van der Waals surface area contributed by atoms with Crippen LogP contribution in [0.3, 0.4) is 0 Å². The molecule has 3 heterocycles. The van der Waals surface area contributed by atoms with E-state index in [1.165, 1.54) is 6.08 Å². The molecule has 47 heavy (non-hydrogen) atoms. The number of carbonyl (C=O) groups is 1. The predicted octanol–water partition coefficient (Wildman–Crippen LogP) is -2.45. The van der Waals surface area contributed by atoms with Gasteiger partial charge in [-0.15, -0.1) is 0 Å². The smallest absolute Gasteiger partial charge is 0.302 e. The van der Waals surface area contributed by atoms with E-state index in [-0.39, 0.29) is 28.4 Å². The summed E-state index contributed by atoms with van der Waals surface area (Å²) in [4.78, 5) is 11.3. The van der Waals surface area contributed by atoms with Crippen LogP contribution in [0.4, 0.5) is 0 Å². The Bertz CT molecular complexity index is 1470. The summed E-state index contributed by atoms with van der Waals surface area (Å²) in [5, 5.41) is 113. The number of fused-ring (bicyclic) bond motifs is 1. The molecule has 1 unspecified atom stereocenters. The number of hydrogen-bond donors (Lipinski definition) is 11. The van der Waals surface area contributed by atoms with Gasteiger partial charge in [-0.3, -0.25) is 4.79 Å². The van der Waals surface area contributed by atoms with Crippen LogP contribution in [0.1, 0.15) is 24.2 Å². The Kier molecular flexibility index (Phi) is 9.87. The number of esters is 1. The summed E-state index contributed by atoms with van der Waals surface area (Å²) >= 11 is 0. The van der Waals surface area contributed by atoms with Crippen LogP contribution >= 0.6 is 0 Å². The zero-order chi connectivity index (χ0) is 34.3. The molecule has 18 nitrogen and oxygen atoms in total. The number of rotatable bonds is 8. The molecule has 0 radical (unpaired) electrons. The van der Waals surface area contributed by atoms with Crippen LogP contribution < -0.4 is 9.47 Å². The number of phenolic OH excluding ortho intramolecular Hbond substituents is 4. The summed E-state index contributed by atoms with van der Waals surface area (Å²) in [6, 6.07) is 4.23. The molecule has 2 fully saturated rings. The maximum Gasteiger partial charge on any atom is 0.302 e. The predicted molar refractivity (Wildman–Crippen MR) is 150 cm³/mol. The van der Waals surface area contributed by atoms with Crippen LogP contribution in [0, 0.1) is 0 Å². The summed E-state index contributed by atoms with van der Waals surface area (Å²) in [6.45, 7) is -0.170. The van der Waals surface area contributed by atoms with Gasteiger partial charge in [-0.05, 0) is 18.2 Å². The highest BCUT2D eigenvalue weighted by Crippen LogP contribution is 2.47. The lowest BCUT2D eigenvalue weighted by atomic mass is 9.98. The molecule has 3 aliphatic rings. The van der Waals surface area contributed by atoms with E-state index in [9.17, 15) is 61.0 Å². The van der Waals surface area contributed by atoms with E-state index in [0.29, 0.717) is 0 Å². The first-order valence-electron chi connectivity index (χ1n) is 14.2. The minimum Gasteiger partial charge on any atom is -0.508 e. The van der Waals surface area contributed by atoms with Gasteiger partial charge in [0.05, 0.1) is 12.2 Å². The molecule has 2 aromatic rings. The number of aliphatic hydroxyl groups is 7. The molecular weight excluding hydrogens is 636 g/mol. The van der Waals surface area contributed by atoms with Crippen molar-refractivity contribution in [2.45, 2.75) is 74.4 Å². The van der Waals surface area contributed by atoms with Crippen molar-refractivity contribution < 1.29 is 89.4 Å². The number of ether oxygens (including phenoxy) is 6. The summed E-state index contributed by atoms with van der Waals surface area (Å²) in [7, 11) is 0. The van der Waals surface area contributed by atoms with Crippen molar-refractivity contribution in [3.8, 4) is 34.5 Å². The Hall–Kier alpha value is -4.11. The van der Waals surface area contributed by atoms with E-state index in [4.69, 9.17) is 28.4 Å². The maximum absolute atomic E-state index is 11.3. The molecule has 0 amide bonds. The summed E-state index contributed by atoms with van der Waals surface area (Å²) in [5.41, 5.74) is -0.0552. The molecule has 11 N–H and O–H groups in total. The molecule has 11 atom stereocenters. The topological polar surface area (TPSA) is 295 Å². The Morgan fingerprint density at radius 3 is 1.94 bits per heavy atom. The average molecular weight is 671 g/mol. The average Bonchev–Trinajstić information content (AvgIpc) is 3.03. The first kappa shape index (κ1) is 34.2. The standard InChI is InChI=1S/C29H34O18/c1-9(31)42-8-19-22(37)24(39)26(41)28(47-19)44-16-5-11(32)4-15-12(16)6-17(27(43-15)10-2-13(33)20(35)14(34)3-10)45-29-25(40)23(38)21(36)18(7-30)46-29/h2-6,18-19,21-30,32-41H,7-8H2,1H3/t18-,19-,21+,22+,23-,24-,25+,26+,27?,28+,29+/m0/s1. The van der Waals surface area contributed by atoms with E-state index < -0.39 is 110 Å². The van der Waals surface area contributed by atoms with E-state index in [1.54, 1.807) is 0 Å². The SMILES string of the molecule is CC(=O)OC[C@@H]1O[C@@H](Oc2cc(O)cc3c2C=C(O[C@@H]2O[C@@H](CO)[C@@H](O)[C@H](O)[C@H]2O)C(c2cc(O)c(O)c(O)c2)O3)[C@H](O)[C@@H](O)[C@@H]1O. The second-order valence-electron chi connectivity index (χ2n) is 11.1. The Morgan fingerprint density at radius 1 is 0.766 bits per heavy atom. The van der Waals surface area contributed by atoms with E-state index in [0.717, 1.165) is 31.2 Å². The van der Waals surface area contributed by atoms with Gasteiger partial charge in [-0.2, -0.15) is 0 Å². The van der Waals surface area contributed by atoms with Crippen molar-refractivity contribution in [2.24, 2.45) is 0 Å². The normalized spacial score (nSPS) is 33.6. The van der Waals surface area contributed by atoms with Gasteiger partial charge in [0.15, 0.2) is 23.4 Å². The fourth-order valence-corrected chi connectivity index (χ4v) is 5.21. The third kappa shape index (κ3) is 6.82. The van der Waals surface area contributed by atoms with Gasteiger partial charge in [-0.25, -0.2) is 0 Å². The molecule has 0 aromatic heterocycles. The number of benzene rings is 2. The highest BCUT2D eigenvalue weighted by Gasteiger charge is 2.47. The van der Waals surface area contributed by atoms with Crippen LogP contribution in [0.25, 0.3) is 6.08 Å². The fraction of sp³-hybridized carbons (Fsp3) is 0.483. The molecule has 18 heteroatoms. The first-order chi connectivity index (χ1) is 22.2. The second kappa shape index (κ2) is 13.6. The number of carbonyl (C=O) groups excluding carboxylic acids is 1. The zero-order valence-corrected chi connectivity index (χ0v) is 24.4. The highest BCUT2D eigenvalue weighted by atomic mass is 16.7. The third-order valence-corrected chi connectivity index (χ3v) is 7.74. The summed E-state index contributed by atoms with van der Waals surface area (Å²) < 4.78 is 33.6. The van der Waals surface area contributed by atoms with Crippen LogP contribution in [-0.4, -0.2) is 137 Å². The number of aromatic hydroxyl groups is 4. The van der Waals surface area contributed by atoms with Crippen molar-refractivity contribution in [3.05, 3.63) is 41.2 Å². The lowest BCUT2D eigenvalue weighted by molar-refractivity contribution is -0.293. The Morgan fingerprint density at radius 2 is 1.34 bits per heavy atom. The molecule has 2 aromatic carbocycles. The molecule has 5 rings (SSSR count). The van der Waals surface area contributed by atoms with Crippen LogP contribution in [0.5, 0.6) is 34.5 Å². The Balaban J connectivity index is 1.54. The molecule has 258 valence electrons. The van der Waals surface area contributed by atoms with Gasteiger partial charge in [0.2, 0.25) is 12.6 Å². The lowest BCUT2D eigenvalue weighted by Crippen LogP contribution is -2.60. The van der Waals surface area contributed by atoms with Crippen molar-refractivity contribution in [1.82, 2.24) is 0 Å². The molecule has 0 spiro atoms.